The van der Waals surface area contributed by atoms with E-state index in [0.29, 0.717) is 58.2 Å². The van der Waals surface area contributed by atoms with Crippen LogP contribution in [0.3, 0.4) is 0 Å². The number of piperidine rings is 1. The highest BCUT2D eigenvalue weighted by Crippen LogP contribution is 2.23. The molecule has 3 rings (SSSR count). The van der Waals surface area contributed by atoms with Gasteiger partial charge in [-0.2, -0.15) is 0 Å². The zero-order valence-electron chi connectivity index (χ0n) is 16.9. The van der Waals surface area contributed by atoms with Crippen LogP contribution >= 0.6 is 0 Å². The number of hydrogen-bond acceptors (Lipinski definition) is 3. The first-order chi connectivity index (χ1) is 13.8. The Morgan fingerprint density at radius 2 is 1.48 bits per heavy atom. The molecule has 1 aromatic carbocycles. The molecule has 2 fully saturated rings. The molecule has 6 nitrogen and oxygen atoms in total. The van der Waals surface area contributed by atoms with Crippen molar-refractivity contribution in [1.29, 1.82) is 0 Å². The van der Waals surface area contributed by atoms with Crippen molar-refractivity contribution >= 4 is 17.7 Å². The summed E-state index contributed by atoms with van der Waals surface area (Å²) < 4.78 is 26.9. The number of hydrogen-bond donors (Lipinski definition) is 0. The maximum absolute atomic E-state index is 13.9. The van der Waals surface area contributed by atoms with Crippen LogP contribution in [0.25, 0.3) is 0 Å². The molecule has 1 aromatic rings. The van der Waals surface area contributed by atoms with Crippen LogP contribution in [0.2, 0.25) is 0 Å². The van der Waals surface area contributed by atoms with Crippen molar-refractivity contribution < 1.29 is 23.2 Å². The Morgan fingerprint density at radius 3 is 2.03 bits per heavy atom. The van der Waals surface area contributed by atoms with Gasteiger partial charge in [-0.15, -0.1) is 0 Å². The van der Waals surface area contributed by atoms with Gasteiger partial charge in [-0.05, 0) is 25.0 Å². The smallest absolute Gasteiger partial charge is 0.256 e. The molecule has 0 N–H and O–H groups in total. The Kier molecular flexibility index (Phi) is 6.49. The Balaban J connectivity index is 1.51. The molecule has 2 heterocycles. The van der Waals surface area contributed by atoms with Crippen molar-refractivity contribution in [3.8, 4) is 0 Å². The number of amides is 3. The lowest BCUT2D eigenvalue weighted by atomic mass is 9.94. The second-order valence-electron chi connectivity index (χ2n) is 8.00. The van der Waals surface area contributed by atoms with Crippen LogP contribution in [0, 0.1) is 23.5 Å². The fraction of sp³-hybridized carbons (Fsp3) is 0.571. The van der Waals surface area contributed by atoms with Crippen molar-refractivity contribution in [3.63, 3.8) is 0 Å². The lowest BCUT2D eigenvalue weighted by Gasteiger charge is -2.39. The fourth-order valence-corrected chi connectivity index (χ4v) is 3.93. The third kappa shape index (κ3) is 4.74. The third-order valence-corrected chi connectivity index (χ3v) is 5.69. The van der Waals surface area contributed by atoms with Crippen molar-refractivity contribution in [2.24, 2.45) is 11.8 Å². The number of carbonyl (C=O) groups excluding carboxylic acids is 3. The quantitative estimate of drug-likeness (QED) is 0.771. The lowest BCUT2D eigenvalue weighted by molar-refractivity contribution is -0.144. The molecule has 0 aliphatic carbocycles. The average Bonchev–Trinajstić information content (AvgIpc) is 2.72. The summed E-state index contributed by atoms with van der Waals surface area (Å²) >= 11 is 0. The zero-order chi connectivity index (χ0) is 21.1. The van der Waals surface area contributed by atoms with E-state index in [0.717, 1.165) is 12.1 Å². The zero-order valence-corrected chi connectivity index (χ0v) is 16.9. The van der Waals surface area contributed by atoms with E-state index in [1.165, 1.54) is 4.90 Å². The summed E-state index contributed by atoms with van der Waals surface area (Å²) in [6, 6.07) is 2.92. The molecule has 8 heteroatoms. The topological polar surface area (TPSA) is 60.9 Å². The van der Waals surface area contributed by atoms with Crippen molar-refractivity contribution in [1.82, 2.24) is 14.7 Å². The average molecular weight is 407 g/mol. The van der Waals surface area contributed by atoms with Gasteiger partial charge in [0.2, 0.25) is 11.8 Å². The fourth-order valence-electron chi connectivity index (χ4n) is 3.93. The number of nitrogens with zero attached hydrogens (tertiary/aromatic N) is 3. The first-order valence-corrected chi connectivity index (χ1v) is 10.1. The van der Waals surface area contributed by atoms with Gasteiger partial charge in [-0.25, -0.2) is 8.78 Å². The molecule has 0 unspecified atom stereocenters. The van der Waals surface area contributed by atoms with Gasteiger partial charge in [0.25, 0.3) is 5.91 Å². The van der Waals surface area contributed by atoms with E-state index in [1.54, 1.807) is 9.80 Å². The Hall–Kier alpha value is -2.51. The summed E-state index contributed by atoms with van der Waals surface area (Å²) in [5.41, 5.74) is -0.151. The largest absolute Gasteiger partial charge is 0.339 e. The molecule has 0 aromatic heterocycles. The molecule has 29 heavy (non-hydrogen) atoms. The summed E-state index contributed by atoms with van der Waals surface area (Å²) in [6.07, 6.45) is 1.02. The van der Waals surface area contributed by atoms with E-state index in [9.17, 15) is 23.2 Å². The van der Waals surface area contributed by atoms with Crippen molar-refractivity contribution in [3.05, 3.63) is 35.4 Å². The predicted molar refractivity (Wildman–Crippen MR) is 103 cm³/mol. The monoisotopic (exact) mass is 407 g/mol. The van der Waals surface area contributed by atoms with Gasteiger partial charge in [-0.1, -0.05) is 13.8 Å². The SMILES string of the molecule is CC(C)C(=O)N1CCN(C(=O)C2CCN(C(=O)c3ccc(F)cc3F)CC2)CC1. The summed E-state index contributed by atoms with van der Waals surface area (Å²) in [7, 11) is 0. The molecular weight excluding hydrogens is 380 g/mol. The number of halogens is 2. The summed E-state index contributed by atoms with van der Waals surface area (Å²) in [5, 5.41) is 0. The molecule has 158 valence electrons. The first-order valence-electron chi connectivity index (χ1n) is 10.1. The van der Waals surface area contributed by atoms with Crippen LogP contribution in [0.5, 0.6) is 0 Å². The molecule has 0 radical (unpaired) electrons. The van der Waals surface area contributed by atoms with Gasteiger partial charge < -0.3 is 14.7 Å². The van der Waals surface area contributed by atoms with Gasteiger partial charge in [-0.3, -0.25) is 14.4 Å². The molecule has 2 saturated heterocycles. The van der Waals surface area contributed by atoms with Crippen LogP contribution in [-0.2, 0) is 9.59 Å². The van der Waals surface area contributed by atoms with Crippen LogP contribution in [0.4, 0.5) is 8.78 Å². The molecule has 2 aliphatic rings. The highest BCUT2D eigenvalue weighted by molar-refractivity contribution is 5.94. The number of likely N-dealkylation sites (tertiary alicyclic amines) is 1. The minimum atomic E-state index is -0.873. The third-order valence-electron chi connectivity index (χ3n) is 5.69. The van der Waals surface area contributed by atoms with Gasteiger partial charge >= 0.3 is 0 Å². The highest BCUT2D eigenvalue weighted by atomic mass is 19.1. The maximum Gasteiger partial charge on any atom is 0.256 e. The van der Waals surface area contributed by atoms with Gasteiger partial charge in [0, 0.05) is 57.2 Å². The molecular formula is C21H27F2N3O3. The molecule has 0 spiro atoms. The maximum atomic E-state index is 13.9. The van der Waals surface area contributed by atoms with Crippen LogP contribution in [-0.4, -0.2) is 71.7 Å². The van der Waals surface area contributed by atoms with Crippen molar-refractivity contribution in [2.45, 2.75) is 26.7 Å². The van der Waals surface area contributed by atoms with Crippen LogP contribution in [0.15, 0.2) is 18.2 Å². The van der Waals surface area contributed by atoms with E-state index in [4.69, 9.17) is 0 Å². The van der Waals surface area contributed by atoms with Gasteiger partial charge in [0.05, 0.1) is 5.56 Å². The number of piperazine rings is 1. The van der Waals surface area contributed by atoms with Crippen molar-refractivity contribution in [2.75, 3.05) is 39.3 Å². The predicted octanol–water partition coefficient (Wildman–Crippen LogP) is 2.14. The van der Waals surface area contributed by atoms with E-state index in [1.807, 2.05) is 13.8 Å². The number of rotatable bonds is 3. The second-order valence-corrected chi connectivity index (χ2v) is 8.00. The van der Waals surface area contributed by atoms with Gasteiger partial charge in [0.1, 0.15) is 11.6 Å². The minimum Gasteiger partial charge on any atom is -0.339 e. The van der Waals surface area contributed by atoms with Crippen LogP contribution < -0.4 is 0 Å². The van der Waals surface area contributed by atoms with E-state index < -0.39 is 17.5 Å². The number of benzene rings is 1. The summed E-state index contributed by atoms with van der Waals surface area (Å²) in [4.78, 5) is 42.5. The minimum absolute atomic E-state index is 0.0509. The summed E-state index contributed by atoms with van der Waals surface area (Å²) in [6.45, 7) is 6.59. The standard InChI is InChI=1S/C21H27F2N3O3/c1-14(2)19(27)25-9-11-26(12-10-25)20(28)15-5-7-24(8-6-15)21(29)17-4-3-16(22)13-18(17)23/h3-4,13-15H,5-12H2,1-2H3. The summed E-state index contributed by atoms with van der Waals surface area (Å²) in [5.74, 6) is -2.14. The second kappa shape index (κ2) is 8.88. The number of carbonyl (C=O) groups is 3. The van der Waals surface area contributed by atoms with Gasteiger partial charge in [0.15, 0.2) is 0 Å². The Labute approximate surface area is 169 Å². The molecule has 0 saturated carbocycles. The molecule has 0 atom stereocenters. The van der Waals surface area contributed by atoms with E-state index in [2.05, 4.69) is 0 Å². The molecule has 3 amide bonds. The molecule has 0 bridgehead atoms. The van der Waals surface area contributed by atoms with E-state index in [-0.39, 0.29) is 29.2 Å². The first kappa shape index (κ1) is 21.2. The normalized spacial score (nSPS) is 18.3. The lowest BCUT2D eigenvalue weighted by Crippen LogP contribution is -2.53. The Morgan fingerprint density at radius 1 is 0.897 bits per heavy atom. The van der Waals surface area contributed by atoms with Crippen LogP contribution in [0.1, 0.15) is 37.0 Å². The van der Waals surface area contributed by atoms with E-state index >= 15 is 0 Å². The highest BCUT2D eigenvalue weighted by Gasteiger charge is 2.33. The Bertz CT molecular complexity index is 783. The molecule has 2 aliphatic heterocycles.